The van der Waals surface area contributed by atoms with Crippen molar-refractivity contribution in [2.45, 2.75) is 25.8 Å². The van der Waals surface area contributed by atoms with Gasteiger partial charge in [-0.05, 0) is 25.0 Å². The van der Waals surface area contributed by atoms with Gasteiger partial charge in [-0.1, -0.05) is 0 Å². The van der Waals surface area contributed by atoms with E-state index in [1.807, 2.05) is 0 Å². The van der Waals surface area contributed by atoms with Gasteiger partial charge in [0.1, 0.15) is 11.5 Å². The Morgan fingerprint density at radius 1 is 1.24 bits per heavy atom. The van der Waals surface area contributed by atoms with Crippen LogP contribution in [0.5, 0.6) is 11.5 Å². The van der Waals surface area contributed by atoms with Gasteiger partial charge in [-0.2, -0.15) is 0 Å². The number of carbonyl (C=O) groups is 2. The van der Waals surface area contributed by atoms with Crippen LogP contribution in [-0.2, 0) is 16.0 Å². The van der Waals surface area contributed by atoms with Crippen LogP contribution in [0, 0.1) is 5.92 Å². The Morgan fingerprint density at radius 2 is 1.86 bits per heavy atom. The van der Waals surface area contributed by atoms with Gasteiger partial charge in [-0.25, -0.2) is 0 Å². The summed E-state index contributed by atoms with van der Waals surface area (Å²) in [6, 6.07) is 2.91. The monoisotopic (exact) mass is 293 g/mol. The lowest BCUT2D eigenvalue weighted by Crippen LogP contribution is -2.39. The maximum absolute atomic E-state index is 11.5. The number of carboxylic acid groups (broad SMARTS) is 1. The van der Waals surface area contributed by atoms with Crippen molar-refractivity contribution in [2.24, 2.45) is 5.92 Å². The third kappa shape index (κ3) is 2.79. The van der Waals surface area contributed by atoms with Gasteiger partial charge < -0.3 is 19.9 Å². The largest absolute Gasteiger partial charge is 0.496 e. The fraction of sp³-hybridized carbons (Fsp3) is 0.467. The minimum absolute atomic E-state index is 0.274. The van der Waals surface area contributed by atoms with Gasteiger partial charge in [-0.3, -0.25) is 9.59 Å². The minimum atomic E-state index is -0.927. The third-order valence-electron chi connectivity index (χ3n) is 3.81. The molecule has 2 atom stereocenters. The molecule has 0 spiro atoms. The van der Waals surface area contributed by atoms with Gasteiger partial charge in [0.15, 0.2) is 0 Å². The molecule has 114 valence electrons. The van der Waals surface area contributed by atoms with Crippen molar-refractivity contribution in [1.29, 1.82) is 0 Å². The molecule has 21 heavy (non-hydrogen) atoms. The zero-order valence-electron chi connectivity index (χ0n) is 12.3. The second-order valence-electron chi connectivity index (χ2n) is 5.02. The van der Waals surface area contributed by atoms with E-state index in [-0.39, 0.29) is 5.91 Å². The summed E-state index contributed by atoms with van der Waals surface area (Å²) in [7, 11) is 3.09. The molecular weight excluding hydrogens is 274 g/mol. The lowest BCUT2D eigenvalue weighted by atomic mass is 9.78. The lowest BCUT2D eigenvalue weighted by Gasteiger charge is -2.33. The highest BCUT2D eigenvalue weighted by Gasteiger charge is 2.38. The van der Waals surface area contributed by atoms with Crippen molar-refractivity contribution in [1.82, 2.24) is 5.32 Å². The lowest BCUT2D eigenvalue weighted by molar-refractivity contribution is -0.143. The molecule has 1 aromatic carbocycles. The number of hydrogen-bond acceptors (Lipinski definition) is 4. The van der Waals surface area contributed by atoms with Crippen molar-refractivity contribution < 1.29 is 24.2 Å². The molecule has 1 aliphatic carbocycles. The smallest absolute Gasteiger partial charge is 0.308 e. The Balaban J connectivity index is 2.59. The van der Waals surface area contributed by atoms with Crippen LogP contribution < -0.4 is 14.8 Å². The van der Waals surface area contributed by atoms with Crippen molar-refractivity contribution >= 4 is 11.9 Å². The van der Waals surface area contributed by atoms with Gasteiger partial charge in [0.2, 0.25) is 5.91 Å². The van der Waals surface area contributed by atoms with Crippen molar-refractivity contribution in [2.75, 3.05) is 14.2 Å². The van der Waals surface area contributed by atoms with E-state index in [4.69, 9.17) is 9.47 Å². The first-order valence-corrected chi connectivity index (χ1v) is 6.73. The van der Waals surface area contributed by atoms with Crippen LogP contribution in [0.1, 0.15) is 30.5 Å². The summed E-state index contributed by atoms with van der Waals surface area (Å²) < 4.78 is 10.7. The van der Waals surface area contributed by atoms with E-state index < -0.39 is 17.9 Å². The van der Waals surface area contributed by atoms with Crippen LogP contribution in [0.25, 0.3) is 0 Å². The predicted molar refractivity (Wildman–Crippen MR) is 75.6 cm³/mol. The molecule has 0 heterocycles. The van der Waals surface area contributed by atoms with Gasteiger partial charge in [0.25, 0.3) is 0 Å². The van der Waals surface area contributed by atoms with Crippen LogP contribution in [0.4, 0.5) is 0 Å². The SMILES string of the molecule is COc1ccc(OC)c2c1CCC(C(=O)O)C2NC(C)=O. The number of rotatable bonds is 4. The van der Waals surface area contributed by atoms with Gasteiger partial charge in [0.05, 0.1) is 26.2 Å². The second-order valence-corrected chi connectivity index (χ2v) is 5.02. The molecule has 0 saturated carbocycles. The fourth-order valence-corrected chi connectivity index (χ4v) is 2.92. The van der Waals surface area contributed by atoms with Crippen LogP contribution in [-0.4, -0.2) is 31.2 Å². The topological polar surface area (TPSA) is 84.9 Å². The standard InChI is InChI=1S/C15H19NO5/c1-8(17)16-14-10(15(18)19)5-4-9-11(20-2)6-7-12(21-3)13(9)14/h6-7,10,14H,4-5H2,1-3H3,(H,16,17)(H,18,19). The minimum Gasteiger partial charge on any atom is -0.496 e. The van der Waals surface area contributed by atoms with E-state index in [1.165, 1.54) is 14.0 Å². The first kappa shape index (κ1) is 15.2. The number of hydrogen-bond donors (Lipinski definition) is 2. The second kappa shape index (κ2) is 6.03. The van der Waals surface area contributed by atoms with Crippen molar-refractivity contribution in [3.8, 4) is 11.5 Å². The van der Waals surface area contributed by atoms with Gasteiger partial charge in [0, 0.05) is 18.1 Å². The van der Waals surface area contributed by atoms with Crippen LogP contribution >= 0.6 is 0 Å². The van der Waals surface area contributed by atoms with E-state index in [9.17, 15) is 14.7 Å². The van der Waals surface area contributed by atoms with E-state index in [0.29, 0.717) is 29.9 Å². The first-order valence-electron chi connectivity index (χ1n) is 6.73. The Morgan fingerprint density at radius 3 is 2.38 bits per heavy atom. The highest BCUT2D eigenvalue weighted by atomic mass is 16.5. The van der Waals surface area contributed by atoms with Gasteiger partial charge in [-0.15, -0.1) is 0 Å². The molecule has 0 fully saturated rings. The summed E-state index contributed by atoms with van der Waals surface area (Å²) in [6.45, 7) is 1.37. The summed E-state index contributed by atoms with van der Waals surface area (Å²) >= 11 is 0. The maximum atomic E-state index is 11.5. The quantitative estimate of drug-likeness (QED) is 0.879. The molecule has 6 heteroatoms. The zero-order valence-corrected chi connectivity index (χ0v) is 12.3. The number of carboxylic acids is 1. The maximum Gasteiger partial charge on any atom is 0.308 e. The zero-order chi connectivity index (χ0) is 15.6. The number of ether oxygens (including phenoxy) is 2. The number of methoxy groups -OCH3 is 2. The summed E-state index contributed by atoms with van der Waals surface area (Å²) in [5, 5.41) is 12.2. The molecule has 0 aliphatic heterocycles. The van der Waals surface area contributed by atoms with E-state index >= 15 is 0 Å². The molecule has 2 rings (SSSR count). The molecule has 0 saturated heterocycles. The number of aliphatic carboxylic acids is 1. The molecule has 6 nitrogen and oxygen atoms in total. The first-order chi connectivity index (χ1) is 9.99. The normalized spacial score (nSPS) is 20.3. The van der Waals surface area contributed by atoms with Crippen LogP contribution in [0.2, 0.25) is 0 Å². The average molecular weight is 293 g/mol. The Labute approximate surface area is 123 Å². The predicted octanol–water partition coefficient (Wildman–Crippen LogP) is 1.53. The number of carbonyl (C=O) groups excluding carboxylic acids is 1. The van der Waals surface area contributed by atoms with Crippen LogP contribution in [0.15, 0.2) is 12.1 Å². The number of fused-ring (bicyclic) bond motifs is 1. The number of amides is 1. The van der Waals surface area contributed by atoms with E-state index in [0.717, 1.165) is 5.56 Å². The van der Waals surface area contributed by atoms with Crippen molar-refractivity contribution in [3.05, 3.63) is 23.3 Å². The summed E-state index contributed by atoms with van der Waals surface area (Å²) in [5.41, 5.74) is 1.60. The molecule has 2 unspecified atom stereocenters. The fourth-order valence-electron chi connectivity index (χ4n) is 2.92. The molecular formula is C15H19NO5. The third-order valence-corrected chi connectivity index (χ3v) is 3.81. The van der Waals surface area contributed by atoms with Gasteiger partial charge >= 0.3 is 5.97 Å². The number of benzene rings is 1. The molecule has 2 N–H and O–H groups in total. The summed E-state index contributed by atoms with van der Waals surface area (Å²) in [5.74, 6) is -0.629. The Bertz CT molecular complexity index is 569. The van der Waals surface area contributed by atoms with E-state index in [1.54, 1.807) is 19.2 Å². The summed E-state index contributed by atoms with van der Waals surface area (Å²) in [6.07, 6.45) is 1.01. The molecule has 1 aromatic rings. The van der Waals surface area contributed by atoms with Crippen LogP contribution in [0.3, 0.4) is 0 Å². The average Bonchev–Trinajstić information content (AvgIpc) is 2.45. The van der Waals surface area contributed by atoms with E-state index in [2.05, 4.69) is 5.32 Å². The Hall–Kier alpha value is -2.24. The molecule has 1 amide bonds. The summed E-state index contributed by atoms with van der Waals surface area (Å²) in [4.78, 5) is 23.0. The molecule has 0 radical (unpaired) electrons. The number of nitrogens with one attached hydrogen (secondary N) is 1. The molecule has 0 bridgehead atoms. The Kier molecular flexibility index (Phi) is 4.35. The van der Waals surface area contributed by atoms with Crippen molar-refractivity contribution in [3.63, 3.8) is 0 Å². The molecule has 0 aromatic heterocycles. The highest BCUT2D eigenvalue weighted by molar-refractivity contribution is 5.78. The highest BCUT2D eigenvalue weighted by Crippen LogP contribution is 2.43. The molecule has 1 aliphatic rings.